The first-order valence-corrected chi connectivity index (χ1v) is 6.93. The Morgan fingerprint density at radius 3 is 2.24 bits per heavy atom. The number of ether oxygens (including phenoxy) is 1. The van der Waals surface area contributed by atoms with Gasteiger partial charge in [-0.05, 0) is 36.1 Å². The second-order valence-electron chi connectivity index (χ2n) is 5.24. The van der Waals surface area contributed by atoms with E-state index in [1.54, 1.807) is 0 Å². The predicted octanol–water partition coefficient (Wildman–Crippen LogP) is 2.95. The maximum atomic E-state index is 5.97. The van der Waals surface area contributed by atoms with Crippen molar-refractivity contribution in [1.29, 1.82) is 0 Å². The van der Waals surface area contributed by atoms with Crippen LogP contribution >= 0.6 is 15.9 Å². The van der Waals surface area contributed by atoms with Crippen LogP contribution in [0.2, 0.25) is 0 Å². The van der Waals surface area contributed by atoms with E-state index in [0.29, 0.717) is 11.8 Å². The lowest BCUT2D eigenvalue weighted by atomic mass is 9.65. The van der Waals surface area contributed by atoms with E-state index >= 15 is 0 Å². The van der Waals surface area contributed by atoms with E-state index in [1.807, 2.05) is 0 Å². The summed E-state index contributed by atoms with van der Waals surface area (Å²) < 4.78 is 6.60. The first-order valence-electron chi connectivity index (χ1n) is 6.14. The molecule has 1 aromatic carbocycles. The van der Waals surface area contributed by atoms with E-state index in [-0.39, 0.29) is 5.41 Å². The van der Waals surface area contributed by atoms with Gasteiger partial charge in [-0.3, -0.25) is 0 Å². The zero-order valence-electron chi connectivity index (χ0n) is 10.4. The normalized spacial score (nSPS) is 20.1. The van der Waals surface area contributed by atoms with Crippen molar-refractivity contribution >= 4 is 15.9 Å². The fourth-order valence-electron chi connectivity index (χ4n) is 2.83. The average molecular weight is 298 g/mol. The third-order valence-corrected chi connectivity index (χ3v) is 4.44. The first-order chi connectivity index (χ1) is 8.10. The van der Waals surface area contributed by atoms with Crippen LogP contribution in [-0.2, 0) is 10.2 Å². The fourth-order valence-corrected chi connectivity index (χ4v) is 3.10. The van der Waals surface area contributed by atoms with Gasteiger partial charge in [0.15, 0.2) is 0 Å². The summed E-state index contributed by atoms with van der Waals surface area (Å²) >= 11 is 3.48. The van der Waals surface area contributed by atoms with Gasteiger partial charge in [-0.25, -0.2) is 0 Å². The van der Waals surface area contributed by atoms with Gasteiger partial charge in [0, 0.05) is 9.89 Å². The number of hydrogen-bond donors (Lipinski definition) is 1. The molecular formula is C14H20BrNO. The van der Waals surface area contributed by atoms with E-state index in [2.05, 4.69) is 54.0 Å². The minimum atomic E-state index is 0.129. The molecule has 2 nitrogen and oxygen atoms in total. The molecule has 1 fully saturated rings. The highest BCUT2D eigenvalue weighted by Crippen LogP contribution is 2.42. The van der Waals surface area contributed by atoms with Crippen molar-refractivity contribution in [2.45, 2.75) is 19.3 Å². The molecule has 17 heavy (non-hydrogen) atoms. The van der Waals surface area contributed by atoms with Crippen molar-refractivity contribution in [2.24, 2.45) is 17.6 Å². The summed E-state index contributed by atoms with van der Waals surface area (Å²) in [5, 5.41) is 0. The molecule has 1 heterocycles. The van der Waals surface area contributed by atoms with Gasteiger partial charge >= 0.3 is 0 Å². The number of benzene rings is 1. The highest BCUT2D eigenvalue weighted by Gasteiger charge is 2.47. The Morgan fingerprint density at radius 2 is 1.88 bits per heavy atom. The molecule has 0 saturated carbocycles. The molecule has 2 N–H and O–H groups in total. The topological polar surface area (TPSA) is 35.2 Å². The summed E-state index contributed by atoms with van der Waals surface area (Å²) in [4.78, 5) is 0. The number of hydrogen-bond acceptors (Lipinski definition) is 2. The minimum absolute atomic E-state index is 0.129. The van der Waals surface area contributed by atoms with Crippen LogP contribution in [0.5, 0.6) is 0 Å². The van der Waals surface area contributed by atoms with Crippen molar-refractivity contribution in [3.8, 4) is 0 Å². The molecule has 0 aromatic heterocycles. The highest BCUT2D eigenvalue weighted by molar-refractivity contribution is 9.10. The van der Waals surface area contributed by atoms with Crippen LogP contribution in [0.4, 0.5) is 0 Å². The molecule has 1 saturated heterocycles. The van der Waals surface area contributed by atoms with Crippen LogP contribution in [0.1, 0.15) is 19.4 Å². The van der Waals surface area contributed by atoms with Gasteiger partial charge < -0.3 is 10.5 Å². The third-order valence-electron chi connectivity index (χ3n) is 3.91. The van der Waals surface area contributed by atoms with Crippen molar-refractivity contribution in [3.05, 3.63) is 34.3 Å². The van der Waals surface area contributed by atoms with Crippen LogP contribution < -0.4 is 5.73 Å². The molecule has 0 radical (unpaired) electrons. The SMILES string of the molecule is CC(C)C(CN)C1(c2ccc(Br)cc2)COC1. The van der Waals surface area contributed by atoms with Crippen LogP contribution in [-0.4, -0.2) is 19.8 Å². The molecule has 1 aromatic rings. The summed E-state index contributed by atoms with van der Waals surface area (Å²) in [7, 11) is 0. The van der Waals surface area contributed by atoms with Gasteiger partial charge in [0.2, 0.25) is 0 Å². The Labute approximate surface area is 112 Å². The van der Waals surface area contributed by atoms with Crippen molar-refractivity contribution < 1.29 is 4.74 Å². The lowest BCUT2D eigenvalue weighted by molar-refractivity contribution is -0.0982. The Hall–Kier alpha value is -0.380. The molecule has 0 bridgehead atoms. The molecular weight excluding hydrogens is 278 g/mol. The zero-order valence-corrected chi connectivity index (χ0v) is 12.0. The van der Waals surface area contributed by atoms with Crippen LogP contribution in [0, 0.1) is 11.8 Å². The summed E-state index contributed by atoms with van der Waals surface area (Å²) in [5.74, 6) is 1.06. The van der Waals surface area contributed by atoms with Crippen LogP contribution in [0.25, 0.3) is 0 Å². The third kappa shape index (κ3) is 2.28. The Balaban J connectivity index is 2.33. The standard InChI is InChI=1S/C14H20BrNO/c1-10(2)13(7-16)14(8-17-9-14)11-3-5-12(15)6-4-11/h3-6,10,13H,7-9,16H2,1-2H3. The highest BCUT2D eigenvalue weighted by atomic mass is 79.9. The van der Waals surface area contributed by atoms with E-state index in [4.69, 9.17) is 10.5 Å². The largest absolute Gasteiger partial charge is 0.379 e. The van der Waals surface area contributed by atoms with Gasteiger partial charge in [0.05, 0.1) is 13.2 Å². The van der Waals surface area contributed by atoms with E-state index in [0.717, 1.165) is 24.2 Å². The molecule has 2 rings (SSSR count). The van der Waals surface area contributed by atoms with Crippen molar-refractivity contribution in [1.82, 2.24) is 0 Å². The molecule has 1 aliphatic heterocycles. The quantitative estimate of drug-likeness (QED) is 0.927. The molecule has 94 valence electrons. The van der Waals surface area contributed by atoms with E-state index in [1.165, 1.54) is 5.56 Å². The maximum Gasteiger partial charge on any atom is 0.0588 e. The monoisotopic (exact) mass is 297 g/mol. The molecule has 0 amide bonds. The van der Waals surface area contributed by atoms with Crippen LogP contribution in [0.15, 0.2) is 28.7 Å². The summed E-state index contributed by atoms with van der Waals surface area (Å²) in [6.45, 7) is 6.81. The smallest absolute Gasteiger partial charge is 0.0588 e. The Kier molecular flexibility index (Phi) is 3.91. The summed E-state index contributed by atoms with van der Waals surface area (Å²) in [6.07, 6.45) is 0. The number of nitrogens with two attached hydrogens (primary N) is 1. The second kappa shape index (κ2) is 5.09. The van der Waals surface area contributed by atoms with Gasteiger partial charge in [-0.1, -0.05) is 41.9 Å². The first kappa shape index (κ1) is 13.1. The molecule has 1 unspecified atom stereocenters. The van der Waals surface area contributed by atoms with Crippen molar-refractivity contribution in [3.63, 3.8) is 0 Å². The maximum absolute atomic E-state index is 5.97. The van der Waals surface area contributed by atoms with Gasteiger partial charge in [0.25, 0.3) is 0 Å². The van der Waals surface area contributed by atoms with Crippen LogP contribution in [0.3, 0.4) is 0 Å². The average Bonchev–Trinajstić information content (AvgIpc) is 2.24. The number of halogens is 1. The van der Waals surface area contributed by atoms with Gasteiger partial charge in [-0.2, -0.15) is 0 Å². The minimum Gasteiger partial charge on any atom is -0.379 e. The summed E-state index contributed by atoms with van der Waals surface area (Å²) in [5.41, 5.74) is 7.46. The lowest BCUT2D eigenvalue weighted by Crippen LogP contribution is -2.56. The fraction of sp³-hybridized carbons (Fsp3) is 0.571. The predicted molar refractivity (Wildman–Crippen MR) is 74.0 cm³/mol. The van der Waals surface area contributed by atoms with Gasteiger partial charge in [0.1, 0.15) is 0 Å². The van der Waals surface area contributed by atoms with E-state index in [9.17, 15) is 0 Å². The summed E-state index contributed by atoms with van der Waals surface area (Å²) in [6, 6.07) is 8.59. The lowest BCUT2D eigenvalue weighted by Gasteiger charge is -2.49. The second-order valence-corrected chi connectivity index (χ2v) is 6.16. The number of rotatable bonds is 4. The van der Waals surface area contributed by atoms with Crippen molar-refractivity contribution in [2.75, 3.05) is 19.8 Å². The zero-order chi connectivity index (χ0) is 12.5. The molecule has 0 spiro atoms. The molecule has 1 aliphatic rings. The van der Waals surface area contributed by atoms with E-state index < -0.39 is 0 Å². The Morgan fingerprint density at radius 1 is 1.29 bits per heavy atom. The molecule has 1 atom stereocenters. The Bertz CT molecular complexity index is 370. The molecule has 3 heteroatoms. The van der Waals surface area contributed by atoms with Gasteiger partial charge in [-0.15, -0.1) is 0 Å². The molecule has 0 aliphatic carbocycles.